The predicted octanol–water partition coefficient (Wildman–Crippen LogP) is 4.36. The molecule has 1 fully saturated rings. The summed E-state index contributed by atoms with van der Waals surface area (Å²) in [6.45, 7) is 1.75. The fourth-order valence-electron chi connectivity index (χ4n) is 2.94. The minimum absolute atomic E-state index is 0.120. The van der Waals surface area contributed by atoms with Crippen molar-refractivity contribution in [2.75, 3.05) is 5.32 Å². The van der Waals surface area contributed by atoms with Gasteiger partial charge in [-0.1, -0.05) is 19.3 Å². The number of rotatable bonds is 4. The van der Waals surface area contributed by atoms with Gasteiger partial charge in [0, 0.05) is 27.4 Å². The fraction of sp³-hybridized carbons (Fsp3) is 0.533. The molecule has 0 spiro atoms. The quantitative estimate of drug-likeness (QED) is 0.391. The first-order chi connectivity index (χ1) is 11.0. The van der Waals surface area contributed by atoms with Crippen molar-refractivity contribution >= 4 is 53.5 Å². The largest absolute Gasteiger partial charge is 0.481 e. The number of aliphatic carboxylic acids is 1. The Labute approximate surface area is 157 Å². The maximum absolute atomic E-state index is 11.6. The molecule has 2 rings (SSSR count). The molecule has 2 N–H and O–H groups in total. The summed E-state index contributed by atoms with van der Waals surface area (Å²) in [6.07, 6.45) is 6.26. The lowest BCUT2D eigenvalue weighted by Crippen LogP contribution is -2.49. The van der Waals surface area contributed by atoms with Gasteiger partial charge in [-0.25, -0.2) is 4.98 Å². The van der Waals surface area contributed by atoms with Gasteiger partial charge >= 0.3 is 5.97 Å². The van der Waals surface area contributed by atoms with Crippen molar-refractivity contribution in [2.45, 2.75) is 44.6 Å². The molecule has 1 unspecified atom stereocenters. The molecule has 0 saturated heterocycles. The van der Waals surface area contributed by atoms with Crippen LogP contribution in [0.15, 0.2) is 6.20 Å². The van der Waals surface area contributed by atoms with Gasteiger partial charge in [0.1, 0.15) is 5.82 Å². The molecule has 0 radical (unpaired) electrons. The third kappa shape index (κ3) is 4.64. The average Bonchev–Trinajstić information content (AvgIpc) is 2.54. The van der Waals surface area contributed by atoms with Gasteiger partial charge in [-0.15, -0.1) is 0 Å². The minimum atomic E-state index is -0.810. The monoisotopic (exact) mass is 465 g/mol. The van der Waals surface area contributed by atoms with Crippen molar-refractivity contribution in [3.63, 3.8) is 0 Å². The Bertz CT molecular complexity index is 641. The Kier molecular flexibility index (Phi) is 6.80. The molecular weight excluding hydrogens is 449 g/mol. The second kappa shape index (κ2) is 8.40. The van der Waals surface area contributed by atoms with Gasteiger partial charge in [0.2, 0.25) is 5.28 Å². The van der Waals surface area contributed by atoms with E-state index in [9.17, 15) is 9.90 Å². The molecule has 124 valence electrons. The Balaban J connectivity index is 2.39. The lowest BCUT2D eigenvalue weighted by molar-refractivity contribution is -0.143. The Morgan fingerprint density at radius 1 is 1.52 bits per heavy atom. The Hall–Kier alpha value is -0.720. The number of hydrogen-bond donors (Lipinski definition) is 2. The molecule has 1 saturated carbocycles. The number of aromatic nitrogens is 2. The van der Waals surface area contributed by atoms with Crippen LogP contribution in [0.2, 0.25) is 5.28 Å². The van der Waals surface area contributed by atoms with Crippen LogP contribution in [0.1, 0.15) is 44.6 Å². The number of nitrogens with zero attached hydrogens (tertiary/aromatic N) is 2. The first kappa shape index (κ1) is 18.6. The molecular formula is C15H17ClIN3O2S. The number of carboxylic acids is 1. The molecule has 1 aromatic rings. The maximum atomic E-state index is 11.6. The molecule has 1 aliphatic carbocycles. The summed E-state index contributed by atoms with van der Waals surface area (Å²) in [5.41, 5.74) is 0.0939. The standard InChI is InChI=1S/C15H17ClIN3O2S/c1-10(13(21)22)15(6-3-2-4-7-15)20-12-11(5-8-23-17)9-18-14(16)19-12/h9-10H,2-4,6-7H2,1H3,(H,21,22)(H,18,19,20). The van der Waals surface area contributed by atoms with Crippen LogP contribution in [0.5, 0.6) is 0 Å². The number of halogens is 2. The van der Waals surface area contributed by atoms with E-state index in [0.717, 1.165) is 32.1 Å². The molecule has 23 heavy (non-hydrogen) atoms. The van der Waals surface area contributed by atoms with Crippen LogP contribution in [0, 0.1) is 17.1 Å². The third-order valence-electron chi connectivity index (χ3n) is 4.30. The smallest absolute Gasteiger partial charge is 0.308 e. The third-order valence-corrected chi connectivity index (χ3v) is 5.32. The van der Waals surface area contributed by atoms with Crippen LogP contribution in [0.4, 0.5) is 5.82 Å². The molecule has 1 atom stereocenters. The van der Waals surface area contributed by atoms with Gasteiger partial charge in [0.15, 0.2) is 0 Å². The number of carboxylic acid groups (broad SMARTS) is 1. The topological polar surface area (TPSA) is 75.1 Å². The van der Waals surface area contributed by atoms with Crippen molar-refractivity contribution in [3.8, 4) is 11.2 Å². The van der Waals surface area contributed by atoms with Gasteiger partial charge in [-0.05, 0) is 51.5 Å². The maximum Gasteiger partial charge on any atom is 0.308 e. The van der Waals surface area contributed by atoms with Crippen LogP contribution < -0.4 is 5.32 Å². The molecule has 0 amide bonds. The summed E-state index contributed by atoms with van der Waals surface area (Å²) in [5, 5.41) is 15.9. The molecule has 1 aliphatic rings. The van der Waals surface area contributed by atoms with Crippen LogP contribution in [0.3, 0.4) is 0 Å². The number of anilines is 1. The molecule has 0 bridgehead atoms. The molecule has 1 heterocycles. The van der Waals surface area contributed by atoms with Gasteiger partial charge in [-0.2, -0.15) is 4.98 Å². The van der Waals surface area contributed by atoms with E-state index in [0.29, 0.717) is 11.4 Å². The van der Waals surface area contributed by atoms with Gasteiger partial charge in [-0.3, -0.25) is 4.79 Å². The highest BCUT2D eigenvalue weighted by molar-refractivity contribution is 14.2. The molecule has 0 aromatic carbocycles. The zero-order valence-electron chi connectivity index (χ0n) is 12.6. The van der Waals surface area contributed by atoms with Crippen LogP contribution in [-0.4, -0.2) is 26.6 Å². The molecule has 8 heteroatoms. The Morgan fingerprint density at radius 3 is 2.83 bits per heavy atom. The SMILES string of the molecule is CC(C(=O)O)C1(Nc2nc(Cl)ncc2C#CSI)CCCCC1. The van der Waals surface area contributed by atoms with Gasteiger partial charge < -0.3 is 10.4 Å². The van der Waals surface area contributed by atoms with E-state index in [1.54, 1.807) is 13.1 Å². The summed E-state index contributed by atoms with van der Waals surface area (Å²) in [7, 11) is 1.36. The second-order valence-electron chi connectivity index (χ2n) is 5.61. The summed E-state index contributed by atoms with van der Waals surface area (Å²) >= 11 is 8.01. The van der Waals surface area contributed by atoms with E-state index in [1.165, 1.54) is 8.93 Å². The van der Waals surface area contributed by atoms with Crippen molar-refractivity contribution < 1.29 is 9.90 Å². The van der Waals surface area contributed by atoms with Crippen LogP contribution in [0.25, 0.3) is 0 Å². The first-order valence-corrected chi connectivity index (χ1v) is 11.0. The summed E-state index contributed by atoms with van der Waals surface area (Å²) in [4.78, 5) is 19.8. The lowest BCUT2D eigenvalue weighted by atomic mass is 9.73. The summed E-state index contributed by atoms with van der Waals surface area (Å²) in [5.74, 6) is 2.15. The summed E-state index contributed by atoms with van der Waals surface area (Å²) < 4.78 is 0. The normalized spacial score (nSPS) is 17.7. The first-order valence-electron chi connectivity index (χ1n) is 7.30. The van der Waals surface area contributed by atoms with Gasteiger partial charge in [0.05, 0.1) is 17.0 Å². The highest BCUT2D eigenvalue weighted by Crippen LogP contribution is 2.38. The van der Waals surface area contributed by atoms with Crippen molar-refractivity contribution in [1.29, 1.82) is 0 Å². The van der Waals surface area contributed by atoms with Crippen molar-refractivity contribution in [1.82, 2.24) is 9.97 Å². The van der Waals surface area contributed by atoms with E-state index in [1.807, 2.05) is 0 Å². The molecule has 1 aromatic heterocycles. The fourth-order valence-corrected chi connectivity index (χ4v) is 3.55. The molecule has 5 nitrogen and oxygen atoms in total. The lowest BCUT2D eigenvalue weighted by Gasteiger charge is -2.41. The summed E-state index contributed by atoms with van der Waals surface area (Å²) in [6, 6.07) is 0. The molecule has 0 aliphatic heterocycles. The zero-order valence-corrected chi connectivity index (χ0v) is 16.3. The van der Waals surface area contributed by atoms with E-state index in [-0.39, 0.29) is 5.28 Å². The highest BCUT2D eigenvalue weighted by atomic mass is 127. The zero-order chi connectivity index (χ0) is 16.9. The van der Waals surface area contributed by atoms with E-state index < -0.39 is 17.4 Å². The number of nitrogens with one attached hydrogen (secondary N) is 1. The van der Waals surface area contributed by atoms with Crippen molar-refractivity contribution in [2.24, 2.45) is 5.92 Å². The van der Waals surface area contributed by atoms with E-state index >= 15 is 0 Å². The predicted molar refractivity (Wildman–Crippen MR) is 102 cm³/mol. The minimum Gasteiger partial charge on any atom is -0.481 e. The van der Waals surface area contributed by atoms with Crippen LogP contribution >= 0.6 is 41.7 Å². The second-order valence-corrected chi connectivity index (χ2v) is 7.62. The van der Waals surface area contributed by atoms with Crippen LogP contribution in [-0.2, 0) is 4.79 Å². The number of hydrogen-bond acceptors (Lipinski definition) is 5. The highest BCUT2D eigenvalue weighted by Gasteiger charge is 2.41. The van der Waals surface area contributed by atoms with Crippen molar-refractivity contribution in [3.05, 3.63) is 17.0 Å². The van der Waals surface area contributed by atoms with Gasteiger partial charge in [0.25, 0.3) is 0 Å². The average molecular weight is 466 g/mol. The van der Waals surface area contributed by atoms with E-state index in [2.05, 4.69) is 47.7 Å². The Morgan fingerprint density at radius 2 is 2.22 bits per heavy atom. The van der Waals surface area contributed by atoms with E-state index in [4.69, 9.17) is 11.6 Å². The number of carbonyl (C=O) groups is 1.